The molecular formula is C23H30N2O4S. The van der Waals surface area contributed by atoms with Crippen LogP contribution >= 0.6 is 11.3 Å². The molecule has 2 aliphatic rings. The molecule has 7 heteroatoms. The maximum absolute atomic E-state index is 13.1. The van der Waals surface area contributed by atoms with Crippen LogP contribution in [0.4, 0.5) is 5.00 Å². The molecule has 4 rings (SSSR count). The molecule has 1 aliphatic carbocycles. The first-order valence-corrected chi connectivity index (χ1v) is 11.3. The molecule has 2 atom stereocenters. The largest absolute Gasteiger partial charge is 0.502 e. The van der Waals surface area contributed by atoms with Crippen LogP contribution in [0.2, 0.25) is 0 Å². The molecule has 3 N–H and O–H groups in total. The Labute approximate surface area is 181 Å². The van der Waals surface area contributed by atoms with E-state index in [1.165, 1.54) is 24.7 Å². The molecule has 0 unspecified atom stereocenters. The third kappa shape index (κ3) is 3.39. The van der Waals surface area contributed by atoms with Gasteiger partial charge in [0, 0.05) is 10.4 Å². The number of phenols is 1. The van der Waals surface area contributed by atoms with Gasteiger partial charge < -0.3 is 25.2 Å². The van der Waals surface area contributed by atoms with E-state index in [0.717, 1.165) is 41.8 Å². The number of thiophene rings is 1. The molecule has 2 aromatic rings. The molecule has 162 valence electrons. The van der Waals surface area contributed by atoms with Gasteiger partial charge in [-0.3, -0.25) is 4.79 Å². The Balaban J connectivity index is 1.65. The van der Waals surface area contributed by atoms with Crippen molar-refractivity contribution < 1.29 is 19.4 Å². The lowest BCUT2D eigenvalue weighted by atomic mass is 9.69. The number of hydrogen-bond donors (Lipinski definition) is 3. The summed E-state index contributed by atoms with van der Waals surface area (Å²) in [5.74, 6) is 1.15. The predicted molar refractivity (Wildman–Crippen MR) is 119 cm³/mol. The number of aromatic hydroxyl groups is 1. The Hall–Kier alpha value is -2.41. The fourth-order valence-corrected chi connectivity index (χ4v) is 5.85. The molecule has 0 fully saturated rings. The smallest absolute Gasteiger partial charge is 0.256 e. The van der Waals surface area contributed by atoms with Crippen molar-refractivity contribution in [3.8, 4) is 17.2 Å². The molecule has 0 saturated heterocycles. The number of nitrogens with one attached hydrogen (secondary N) is 2. The highest BCUT2D eigenvalue weighted by Crippen LogP contribution is 2.47. The van der Waals surface area contributed by atoms with Crippen molar-refractivity contribution in [2.24, 2.45) is 11.3 Å². The highest BCUT2D eigenvalue weighted by atomic mass is 32.1. The van der Waals surface area contributed by atoms with Crippen LogP contribution in [0.3, 0.4) is 0 Å². The summed E-state index contributed by atoms with van der Waals surface area (Å²) in [7, 11) is 2.98. The third-order valence-electron chi connectivity index (χ3n) is 6.90. The topological polar surface area (TPSA) is 79.8 Å². The fraction of sp³-hybridized carbons (Fsp3) is 0.522. The number of anilines is 1. The Bertz CT molecular complexity index is 957. The quantitative estimate of drug-likeness (QED) is 0.631. The molecule has 1 aliphatic heterocycles. The molecule has 0 bridgehead atoms. The number of carbonyl (C=O) groups excluding carboxylic acids is 1. The second kappa shape index (κ2) is 7.69. The Kier molecular flexibility index (Phi) is 5.34. The average Bonchev–Trinajstić information content (AvgIpc) is 3.12. The van der Waals surface area contributed by atoms with E-state index >= 15 is 0 Å². The van der Waals surface area contributed by atoms with Gasteiger partial charge in [0.05, 0.1) is 19.8 Å². The van der Waals surface area contributed by atoms with Crippen LogP contribution in [0.5, 0.6) is 17.2 Å². The average molecular weight is 431 g/mol. The molecule has 0 saturated carbocycles. The molecule has 2 heterocycles. The van der Waals surface area contributed by atoms with Crippen LogP contribution in [0.15, 0.2) is 12.1 Å². The molecule has 1 amide bonds. The minimum Gasteiger partial charge on any atom is -0.502 e. The number of rotatable bonds is 5. The van der Waals surface area contributed by atoms with E-state index in [9.17, 15) is 9.90 Å². The van der Waals surface area contributed by atoms with Crippen molar-refractivity contribution in [3.05, 3.63) is 33.7 Å². The van der Waals surface area contributed by atoms with Crippen molar-refractivity contribution in [2.45, 2.75) is 52.6 Å². The van der Waals surface area contributed by atoms with Crippen molar-refractivity contribution in [2.75, 3.05) is 19.5 Å². The van der Waals surface area contributed by atoms with Gasteiger partial charge in [-0.1, -0.05) is 27.2 Å². The molecule has 30 heavy (non-hydrogen) atoms. The van der Waals surface area contributed by atoms with Gasteiger partial charge in [0.25, 0.3) is 5.91 Å². The zero-order valence-electron chi connectivity index (χ0n) is 18.2. The fourth-order valence-electron chi connectivity index (χ4n) is 4.50. The molecule has 1 aromatic carbocycles. The summed E-state index contributed by atoms with van der Waals surface area (Å²) in [4.78, 5) is 14.4. The summed E-state index contributed by atoms with van der Waals surface area (Å²) in [6.07, 6.45) is 3.85. The first-order valence-electron chi connectivity index (χ1n) is 10.5. The van der Waals surface area contributed by atoms with E-state index in [-0.39, 0.29) is 11.7 Å². The molecule has 0 radical (unpaired) electrons. The van der Waals surface area contributed by atoms with Gasteiger partial charge in [-0.15, -0.1) is 11.3 Å². The number of hydrogen-bond acceptors (Lipinski definition) is 6. The molecular weight excluding hydrogens is 400 g/mol. The maximum Gasteiger partial charge on any atom is 0.256 e. The summed E-state index contributed by atoms with van der Waals surface area (Å²) in [6.45, 7) is 6.96. The second-order valence-electron chi connectivity index (χ2n) is 8.81. The monoisotopic (exact) mass is 430 g/mol. The predicted octanol–water partition coefficient (Wildman–Crippen LogP) is 4.87. The van der Waals surface area contributed by atoms with Gasteiger partial charge in [0.2, 0.25) is 5.75 Å². The van der Waals surface area contributed by atoms with Gasteiger partial charge in [-0.2, -0.15) is 0 Å². The molecule has 0 spiro atoms. The summed E-state index contributed by atoms with van der Waals surface area (Å²) in [5, 5.41) is 17.7. The summed E-state index contributed by atoms with van der Waals surface area (Å²) < 4.78 is 10.5. The number of benzene rings is 1. The van der Waals surface area contributed by atoms with Gasteiger partial charge in [0.1, 0.15) is 11.2 Å². The van der Waals surface area contributed by atoms with Crippen LogP contribution in [0.1, 0.15) is 66.1 Å². The van der Waals surface area contributed by atoms with Crippen molar-refractivity contribution >= 4 is 22.2 Å². The highest BCUT2D eigenvalue weighted by Gasteiger charge is 2.37. The van der Waals surface area contributed by atoms with E-state index in [1.54, 1.807) is 23.5 Å². The Morgan fingerprint density at radius 1 is 1.20 bits per heavy atom. The van der Waals surface area contributed by atoms with Gasteiger partial charge >= 0.3 is 0 Å². The number of methoxy groups -OCH3 is 2. The Morgan fingerprint density at radius 2 is 1.87 bits per heavy atom. The number of phenolic OH excluding ortho intramolecular Hbond substituents is 1. The lowest BCUT2D eigenvalue weighted by Crippen LogP contribution is -2.38. The first kappa shape index (κ1) is 20.8. The van der Waals surface area contributed by atoms with Crippen molar-refractivity contribution in [3.63, 3.8) is 0 Å². The van der Waals surface area contributed by atoms with E-state index in [2.05, 4.69) is 31.4 Å². The lowest BCUT2D eigenvalue weighted by molar-refractivity contribution is 0.0934. The number of ether oxygens (including phenoxy) is 2. The molecule has 6 nitrogen and oxygen atoms in total. The van der Waals surface area contributed by atoms with Crippen LogP contribution in [-0.4, -0.2) is 25.2 Å². The van der Waals surface area contributed by atoms with Crippen LogP contribution in [0.25, 0.3) is 0 Å². The van der Waals surface area contributed by atoms with Crippen molar-refractivity contribution in [1.29, 1.82) is 0 Å². The van der Waals surface area contributed by atoms with Gasteiger partial charge in [-0.05, 0) is 48.3 Å². The van der Waals surface area contributed by atoms with Crippen LogP contribution in [-0.2, 0) is 12.8 Å². The first-order chi connectivity index (χ1) is 14.3. The Morgan fingerprint density at radius 3 is 2.47 bits per heavy atom. The highest BCUT2D eigenvalue weighted by molar-refractivity contribution is 7.16. The van der Waals surface area contributed by atoms with E-state index in [4.69, 9.17) is 9.47 Å². The second-order valence-corrected chi connectivity index (χ2v) is 9.92. The van der Waals surface area contributed by atoms with E-state index in [0.29, 0.717) is 22.8 Å². The van der Waals surface area contributed by atoms with E-state index < -0.39 is 6.17 Å². The standard InChI is InChI=1S/C23H30N2O4S/c1-6-23(2,3)13-7-8-14-17(11-13)30-22-18(14)21(27)24-20(25-22)12-9-15(28-4)19(26)16(10-12)29-5/h9-10,13,20,25-26H,6-8,11H2,1-5H3,(H,24,27)/t13-,20+/m0/s1. The number of carbonyl (C=O) groups is 1. The van der Waals surface area contributed by atoms with Gasteiger partial charge in [-0.25, -0.2) is 0 Å². The molecule has 1 aromatic heterocycles. The van der Waals surface area contributed by atoms with Crippen molar-refractivity contribution in [1.82, 2.24) is 5.32 Å². The SMILES string of the molecule is CCC(C)(C)[C@H]1CCc2c(sc3c2C(=O)N[C@@H](c2cc(OC)c(O)c(OC)c2)N3)C1. The van der Waals surface area contributed by atoms with Crippen LogP contribution < -0.4 is 20.1 Å². The normalized spacial score (nSPS) is 20.6. The number of fused-ring (bicyclic) bond motifs is 3. The minimum atomic E-state index is -0.420. The zero-order chi connectivity index (χ0) is 21.6. The summed E-state index contributed by atoms with van der Waals surface area (Å²) in [5.41, 5.74) is 3.08. The zero-order valence-corrected chi connectivity index (χ0v) is 19.0. The number of amides is 1. The minimum absolute atomic E-state index is 0.0505. The summed E-state index contributed by atoms with van der Waals surface area (Å²) >= 11 is 1.71. The lowest BCUT2D eigenvalue weighted by Gasteiger charge is -2.36. The third-order valence-corrected chi connectivity index (χ3v) is 8.08. The van der Waals surface area contributed by atoms with Crippen LogP contribution in [0, 0.1) is 11.3 Å². The van der Waals surface area contributed by atoms with E-state index in [1.807, 2.05) is 0 Å². The maximum atomic E-state index is 13.1. The summed E-state index contributed by atoms with van der Waals surface area (Å²) in [6, 6.07) is 3.43. The van der Waals surface area contributed by atoms with Gasteiger partial charge in [0.15, 0.2) is 11.5 Å².